The van der Waals surface area contributed by atoms with Crippen LogP contribution in [0, 0.1) is 5.92 Å². The highest BCUT2D eigenvalue weighted by molar-refractivity contribution is 5.74. The summed E-state index contributed by atoms with van der Waals surface area (Å²) in [6, 6.07) is 0. The zero-order chi connectivity index (χ0) is 8.27. The molecule has 0 aromatic heterocycles. The molecule has 0 aromatic carbocycles. The number of carbonyl (C=O) groups excluding carboxylic acids is 1. The van der Waals surface area contributed by atoms with Crippen molar-refractivity contribution in [1.82, 2.24) is 0 Å². The first kappa shape index (κ1) is 8.53. The first-order valence-electron chi connectivity index (χ1n) is 3.93. The van der Waals surface area contributed by atoms with Crippen LogP contribution in [0.15, 0.2) is 0 Å². The predicted molar refractivity (Wildman–Crippen MR) is 40.2 cm³/mol. The van der Waals surface area contributed by atoms with Gasteiger partial charge in [-0.05, 0) is 18.8 Å². The molecule has 1 aliphatic rings. The monoisotopic (exact) mass is 158 g/mol. The number of esters is 1. The van der Waals surface area contributed by atoms with E-state index in [1.165, 1.54) is 7.11 Å². The van der Waals surface area contributed by atoms with Crippen LogP contribution in [0.25, 0.3) is 0 Å². The Morgan fingerprint density at radius 2 is 2.27 bits per heavy atom. The lowest BCUT2D eigenvalue weighted by Crippen LogP contribution is -2.32. The molecule has 3 heteroatoms. The van der Waals surface area contributed by atoms with Gasteiger partial charge in [0, 0.05) is 0 Å². The Bertz CT molecular complexity index is 136. The molecule has 0 aliphatic carbocycles. The molecule has 1 aliphatic heterocycles. The molecule has 1 rings (SSSR count). The Morgan fingerprint density at radius 3 is 2.73 bits per heavy atom. The third-order valence-electron chi connectivity index (χ3n) is 1.97. The van der Waals surface area contributed by atoms with Crippen LogP contribution in [0.1, 0.15) is 19.8 Å². The second-order valence-corrected chi connectivity index (χ2v) is 3.03. The number of hydrogen-bond acceptors (Lipinski definition) is 3. The van der Waals surface area contributed by atoms with Gasteiger partial charge in [0.1, 0.15) is 0 Å². The largest absolute Gasteiger partial charge is 0.467 e. The van der Waals surface area contributed by atoms with Gasteiger partial charge in [0.15, 0.2) is 6.10 Å². The number of methoxy groups -OCH3 is 1. The molecule has 0 saturated carbocycles. The Kier molecular flexibility index (Phi) is 2.88. The normalized spacial score (nSPS) is 31.5. The Labute approximate surface area is 66.7 Å². The summed E-state index contributed by atoms with van der Waals surface area (Å²) >= 11 is 0. The second-order valence-electron chi connectivity index (χ2n) is 3.03. The molecule has 1 saturated heterocycles. The van der Waals surface area contributed by atoms with Crippen LogP contribution >= 0.6 is 0 Å². The highest BCUT2D eigenvalue weighted by atomic mass is 16.6. The van der Waals surface area contributed by atoms with Crippen LogP contribution in [-0.4, -0.2) is 25.8 Å². The maximum Gasteiger partial charge on any atom is 0.334 e. The van der Waals surface area contributed by atoms with Crippen LogP contribution in [-0.2, 0) is 14.3 Å². The van der Waals surface area contributed by atoms with Crippen molar-refractivity contribution in [3.05, 3.63) is 0 Å². The van der Waals surface area contributed by atoms with E-state index in [4.69, 9.17) is 4.74 Å². The Hall–Kier alpha value is -0.570. The van der Waals surface area contributed by atoms with E-state index >= 15 is 0 Å². The van der Waals surface area contributed by atoms with E-state index < -0.39 is 0 Å². The summed E-state index contributed by atoms with van der Waals surface area (Å²) in [6.07, 6.45) is 1.55. The van der Waals surface area contributed by atoms with Crippen molar-refractivity contribution in [3.63, 3.8) is 0 Å². The molecule has 0 radical (unpaired) electrons. The molecule has 0 spiro atoms. The van der Waals surface area contributed by atoms with Crippen molar-refractivity contribution in [1.29, 1.82) is 0 Å². The van der Waals surface area contributed by atoms with Crippen LogP contribution in [0.2, 0.25) is 0 Å². The fourth-order valence-corrected chi connectivity index (χ4v) is 1.20. The van der Waals surface area contributed by atoms with E-state index in [-0.39, 0.29) is 12.1 Å². The molecule has 1 heterocycles. The quantitative estimate of drug-likeness (QED) is 0.533. The van der Waals surface area contributed by atoms with Gasteiger partial charge in [-0.15, -0.1) is 0 Å². The SMILES string of the molecule is COC(=O)C1CCC(C)CO1. The third-order valence-corrected chi connectivity index (χ3v) is 1.97. The van der Waals surface area contributed by atoms with Crippen LogP contribution in [0.4, 0.5) is 0 Å². The van der Waals surface area contributed by atoms with Gasteiger partial charge >= 0.3 is 5.97 Å². The summed E-state index contributed by atoms with van der Waals surface area (Å²) in [5, 5.41) is 0. The number of ether oxygens (including phenoxy) is 2. The molecule has 2 atom stereocenters. The van der Waals surface area contributed by atoms with Crippen LogP contribution < -0.4 is 0 Å². The highest BCUT2D eigenvalue weighted by Crippen LogP contribution is 2.18. The summed E-state index contributed by atoms with van der Waals surface area (Å²) in [6.45, 7) is 2.80. The molecule has 1 fully saturated rings. The molecular formula is C8H14O3. The fraction of sp³-hybridized carbons (Fsp3) is 0.875. The van der Waals surface area contributed by atoms with Gasteiger partial charge in [-0.2, -0.15) is 0 Å². The third kappa shape index (κ3) is 2.19. The second kappa shape index (κ2) is 3.72. The van der Waals surface area contributed by atoms with E-state index in [0.717, 1.165) is 12.8 Å². The minimum atomic E-state index is -0.309. The van der Waals surface area contributed by atoms with Gasteiger partial charge < -0.3 is 9.47 Å². The lowest BCUT2D eigenvalue weighted by molar-refractivity contribution is -0.158. The van der Waals surface area contributed by atoms with E-state index in [9.17, 15) is 4.79 Å². The predicted octanol–water partition coefficient (Wildman–Crippen LogP) is 0.974. The summed E-state index contributed by atoms with van der Waals surface area (Å²) in [4.78, 5) is 10.9. The maximum absolute atomic E-state index is 10.9. The number of rotatable bonds is 1. The van der Waals surface area contributed by atoms with Crippen molar-refractivity contribution in [2.75, 3.05) is 13.7 Å². The average molecular weight is 158 g/mol. The van der Waals surface area contributed by atoms with E-state index in [2.05, 4.69) is 11.7 Å². The number of carbonyl (C=O) groups is 1. The van der Waals surface area contributed by atoms with Crippen molar-refractivity contribution in [3.8, 4) is 0 Å². The van der Waals surface area contributed by atoms with Gasteiger partial charge in [0.2, 0.25) is 0 Å². The first-order valence-corrected chi connectivity index (χ1v) is 3.93. The topological polar surface area (TPSA) is 35.5 Å². The summed E-state index contributed by atoms with van der Waals surface area (Å²) in [7, 11) is 1.39. The molecule has 2 unspecified atom stereocenters. The summed E-state index contributed by atoms with van der Waals surface area (Å²) in [5.41, 5.74) is 0. The molecule has 64 valence electrons. The van der Waals surface area contributed by atoms with Crippen molar-refractivity contribution >= 4 is 5.97 Å². The van der Waals surface area contributed by atoms with Crippen LogP contribution in [0.5, 0.6) is 0 Å². The standard InChI is InChI=1S/C8H14O3/c1-6-3-4-7(11-5-6)8(9)10-2/h6-7H,3-5H2,1-2H3. The summed E-state index contributed by atoms with van der Waals surface area (Å²) < 4.78 is 9.83. The van der Waals surface area contributed by atoms with Gasteiger partial charge in [0.05, 0.1) is 13.7 Å². The highest BCUT2D eigenvalue weighted by Gasteiger charge is 2.25. The first-order chi connectivity index (χ1) is 5.24. The smallest absolute Gasteiger partial charge is 0.334 e. The molecular weight excluding hydrogens is 144 g/mol. The van der Waals surface area contributed by atoms with Gasteiger partial charge in [-0.25, -0.2) is 4.79 Å². The van der Waals surface area contributed by atoms with Gasteiger partial charge in [-0.1, -0.05) is 6.92 Å². The van der Waals surface area contributed by atoms with Crippen molar-refractivity contribution < 1.29 is 14.3 Å². The Morgan fingerprint density at radius 1 is 1.55 bits per heavy atom. The molecule has 0 N–H and O–H groups in total. The van der Waals surface area contributed by atoms with Crippen molar-refractivity contribution in [2.24, 2.45) is 5.92 Å². The lowest BCUT2D eigenvalue weighted by atomic mass is 10.0. The van der Waals surface area contributed by atoms with E-state index in [1.54, 1.807) is 0 Å². The average Bonchev–Trinajstić information content (AvgIpc) is 2.05. The van der Waals surface area contributed by atoms with Gasteiger partial charge in [-0.3, -0.25) is 0 Å². The zero-order valence-corrected chi connectivity index (χ0v) is 7.00. The molecule has 0 bridgehead atoms. The zero-order valence-electron chi connectivity index (χ0n) is 7.00. The van der Waals surface area contributed by atoms with Crippen LogP contribution in [0.3, 0.4) is 0 Å². The summed E-state index contributed by atoms with van der Waals surface area (Å²) in [5.74, 6) is 0.341. The molecule has 0 amide bonds. The Balaban J connectivity index is 2.33. The van der Waals surface area contributed by atoms with E-state index in [0.29, 0.717) is 12.5 Å². The van der Waals surface area contributed by atoms with Gasteiger partial charge in [0.25, 0.3) is 0 Å². The molecule has 11 heavy (non-hydrogen) atoms. The van der Waals surface area contributed by atoms with E-state index in [1.807, 2.05) is 0 Å². The maximum atomic E-state index is 10.9. The number of hydrogen-bond donors (Lipinski definition) is 0. The fourth-order valence-electron chi connectivity index (χ4n) is 1.20. The molecule has 3 nitrogen and oxygen atoms in total. The minimum Gasteiger partial charge on any atom is -0.467 e. The van der Waals surface area contributed by atoms with Crippen molar-refractivity contribution in [2.45, 2.75) is 25.9 Å². The minimum absolute atomic E-state index is 0.239. The molecule has 0 aromatic rings. The lowest BCUT2D eigenvalue weighted by Gasteiger charge is -2.24.